The molecule has 1 heterocycles. The highest BCUT2D eigenvalue weighted by molar-refractivity contribution is 5.41. The molecule has 1 aromatic carbocycles. The molecule has 1 aromatic rings. The number of benzene rings is 1. The van der Waals surface area contributed by atoms with Crippen LogP contribution in [0.4, 0.5) is 0 Å². The quantitative estimate of drug-likeness (QED) is 0.853. The Morgan fingerprint density at radius 2 is 2.26 bits per heavy atom. The zero-order valence-corrected chi connectivity index (χ0v) is 11.9. The topological polar surface area (TPSA) is 44.7 Å². The summed E-state index contributed by atoms with van der Waals surface area (Å²) in [6.45, 7) is 3.10. The number of piperidine rings is 1. The fraction of sp³-hybridized carbons (Fsp3) is 0.600. The van der Waals surface area contributed by atoms with Crippen LogP contribution in [0.25, 0.3) is 0 Å². The predicted molar refractivity (Wildman–Crippen MR) is 76.6 cm³/mol. The summed E-state index contributed by atoms with van der Waals surface area (Å²) < 4.78 is 5.17. The molecule has 1 aliphatic rings. The highest BCUT2D eigenvalue weighted by Crippen LogP contribution is 2.28. The minimum atomic E-state index is 0.205. The highest BCUT2D eigenvalue weighted by atomic mass is 16.5. The standard InChI is InChI=1S/C15H24N2O2/c1-16-10-13-5-3-4-8-17(13)11-12-6-7-14(18)15(9-12)19-2/h6-7,9,13,16,18H,3-5,8,10-11H2,1-2H3. The van der Waals surface area contributed by atoms with Gasteiger partial charge in [0.25, 0.3) is 0 Å². The van der Waals surface area contributed by atoms with Crippen LogP contribution in [0, 0.1) is 0 Å². The molecule has 2 N–H and O–H groups in total. The van der Waals surface area contributed by atoms with E-state index in [0.717, 1.165) is 19.6 Å². The number of aromatic hydroxyl groups is 1. The molecule has 2 rings (SSSR count). The number of likely N-dealkylation sites (N-methyl/N-ethyl adjacent to an activating group) is 1. The van der Waals surface area contributed by atoms with E-state index in [0.29, 0.717) is 11.8 Å². The van der Waals surface area contributed by atoms with Gasteiger partial charge < -0.3 is 15.2 Å². The largest absolute Gasteiger partial charge is 0.504 e. The zero-order chi connectivity index (χ0) is 13.7. The summed E-state index contributed by atoms with van der Waals surface area (Å²) in [5.74, 6) is 0.761. The lowest BCUT2D eigenvalue weighted by Crippen LogP contribution is -2.44. The Kier molecular flexibility index (Phi) is 5.05. The molecule has 4 nitrogen and oxygen atoms in total. The van der Waals surface area contributed by atoms with E-state index in [9.17, 15) is 5.11 Å². The number of hydrogen-bond acceptors (Lipinski definition) is 4. The smallest absolute Gasteiger partial charge is 0.160 e. The maximum atomic E-state index is 9.63. The van der Waals surface area contributed by atoms with Crippen LogP contribution in [0.5, 0.6) is 11.5 Å². The number of likely N-dealkylation sites (tertiary alicyclic amines) is 1. The minimum Gasteiger partial charge on any atom is -0.504 e. The number of nitrogens with zero attached hydrogens (tertiary/aromatic N) is 1. The number of phenols is 1. The fourth-order valence-electron chi connectivity index (χ4n) is 2.79. The van der Waals surface area contributed by atoms with Gasteiger partial charge in [0.2, 0.25) is 0 Å². The van der Waals surface area contributed by atoms with Crippen LogP contribution in [0.3, 0.4) is 0 Å². The maximum Gasteiger partial charge on any atom is 0.160 e. The average molecular weight is 264 g/mol. The molecule has 1 saturated heterocycles. The lowest BCUT2D eigenvalue weighted by Gasteiger charge is -2.35. The molecular weight excluding hydrogens is 240 g/mol. The Bertz CT molecular complexity index is 407. The van der Waals surface area contributed by atoms with E-state index in [-0.39, 0.29) is 5.75 Å². The van der Waals surface area contributed by atoms with Gasteiger partial charge in [0.15, 0.2) is 11.5 Å². The van der Waals surface area contributed by atoms with E-state index in [2.05, 4.69) is 10.2 Å². The zero-order valence-electron chi connectivity index (χ0n) is 11.9. The molecule has 1 unspecified atom stereocenters. The van der Waals surface area contributed by atoms with Gasteiger partial charge in [-0.1, -0.05) is 12.5 Å². The molecule has 0 saturated carbocycles. The van der Waals surface area contributed by atoms with Crippen LogP contribution in [0.15, 0.2) is 18.2 Å². The molecule has 0 spiro atoms. The van der Waals surface area contributed by atoms with E-state index < -0.39 is 0 Å². The third kappa shape index (κ3) is 3.61. The Hall–Kier alpha value is -1.26. The van der Waals surface area contributed by atoms with Gasteiger partial charge >= 0.3 is 0 Å². The van der Waals surface area contributed by atoms with Gasteiger partial charge in [-0.2, -0.15) is 0 Å². The van der Waals surface area contributed by atoms with Crippen molar-refractivity contribution in [2.45, 2.75) is 31.8 Å². The van der Waals surface area contributed by atoms with Gasteiger partial charge in [0, 0.05) is 19.1 Å². The predicted octanol–water partition coefficient (Wildman–Crippen LogP) is 1.97. The Morgan fingerprint density at radius 1 is 1.42 bits per heavy atom. The van der Waals surface area contributed by atoms with Crippen molar-refractivity contribution >= 4 is 0 Å². The van der Waals surface area contributed by atoms with Crippen LogP contribution >= 0.6 is 0 Å². The number of rotatable bonds is 5. The molecule has 0 bridgehead atoms. The molecule has 1 fully saturated rings. The Labute approximate surface area is 115 Å². The van der Waals surface area contributed by atoms with Crippen molar-refractivity contribution < 1.29 is 9.84 Å². The number of methoxy groups -OCH3 is 1. The molecule has 0 aliphatic carbocycles. The van der Waals surface area contributed by atoms with Gasteiger partial charge in [-0.15, -0.1) is 0 Å². The molecule has 1 atom stereocenters. The normalized spacial score (nSPS) is 20.4. The summed E-state index contributed by atoms with van der Waals surface area (Å²) in [4.78, 5) is 2.52. The van der Waals surface area contributed by atoms with Crippen LogP contribution in [-0.2, 0) is 6.54 Å². The monoisotopic (exact) mass is 264 g/mol. The van der Waals surface area contributed by atoms with Crippen molar-refractivity contribution in [2.24, 2.45) is 0 Å². The summed E-state index contributed by atoms with van der Waals surface area (Å²) >= 11 is 0. The third-order valence-corrected chi connectivity index (χ3v) is 3.82. The highest BCUT2D eigenvalue weighted by Gasteiger charge is 2.21. The molecule has 19 heavy (non-hydrogen) atoms. The van der Waals surface area contributed by atoms with E-state index >= 15 is 0 Å². The molecule has 106 valence electrons. The molecule has 0 aromatic heterocycles. The molecule has 4 heteroatoms. The van der Waals surface area contributed by atoms with Gasteiger partial charge in [-0.05, 0) is 44.1 Å². The first-order chi connectivity index (χ1) is 9.24. The van der Waals surface area contributed by atoms with E-state index in [1.165, 1.54) is 24.8 Å². The van der Waals surface area contributed by atoms with Crippen molar-refractivity contribution in [2.75, 3.05) is 27.2 Å². The first kappa shape index (κ1) is 14.2. The van der Waals surface area contributed by atoms with Crippen LogP contribution in [-0.4, -0.2) is 43.3 Å². The van der Waals surface area contributed by atoms with Crippen molar-refractivity contribution in [1.82, 2.24) is 10.2 Å². The number of ether oxygens (including phenoxy) is 1. The Morgan fingerprint density at radius 3 is 3.00 bits per heavy atom. The van der Waals surface area contributed by atoms with Crippen LogP contribution in [0.2, 0.25) is 0 Å². The summed E-state index contributed by atoms with van der Waals surface area (Å²) in [5, 5.41) is 12.9. The van der Waals surface area contributed by atoms with Gasteiger partial charge in [0.05, 0.1) is 7.11 Å². The second-order valence-electron chi connectivity index (χ2n) is 5.18. The molecule has 0 amide bonds. The van der Waals surface area contributed by atoms with E-state index in [1.807, 2.05) is 19.2 Å². The SMILES string of the molecule is CNCC1CCCCN1Cc1ccc(O)c(OC)c1. The van der Waals surface area contributed by atoms with E-state index in [1.54, 1.807) is 13.2 Å². The van der Waals surface area contributed by atoms with Crippen molar-refractivity contribution in [3.8, 4) is 11.5 Å². The van der Waals surface area contributed by atoms with Gasteiger partial charge in [0.1, 0.15) is 0 Å². The lowest BCUT2D eigenvalue weighted by atomic mass is 10.0. The summed E-state index contributed by atoms with van der Waals surface area (Å²) in [6.07, 6.45) is 3.85. The fourth-order valence-corrected chi connectivity index (χ4v) is 2.79. The second kappa shape index (κ2) is 6.78. The summed E-state index contributed by atoms with van der Waals surface area (Å²) in [7, 11) is 3.60. The first-order valence-corrected chi connectivity index (χ1v) is 6.99. The first-order valence-electron chi connectivity index (χ1n) is 6.99. The Balaban J connectivity index is 2.06. The van der Waals surface area contributed by atoms with Crippen molar-refractivity contribution in [1.29, 1.82) is 0 Å². The molecule has 0 radical (unpaired) electrons. The van der Waals surface area contributed by atoms with Gasteiger partial charge in [-0.25, -0.2) is 0 Å². The van der Waals surface area contributed by atoms with Crippen molar-refractivity contribution in [3.63, 3.8) is 0 Å². The number of nitrogens with one attached hydrogen (secondary N) is 1. The summed E-state index contributed by atoms with van der Waals surface area (Å²) in [5.41, 5.74) is 1.19. The van der Waals surface area contributed by atoms with Crippen LogP contribution < -0.4 is 10.1 Å². The molecule has 1 aliphatic heterocycles. The number of phenolic OH excluding ortho intramolecular Hbond substituents is 1. The number of hydrogen-bond donors (Lipinski definition) is 2. The maximum absolute atomic E-state index is 9.63. The van der Waals surface area contributed by atoms with E-state index in [4.69, 9.17) is 4.74 Å². The minimum absolute atomic E-state index is 0.205. The molecular formula is C15H24N2O2. The lowest BCUT2D eigenvalue weighted by molar-refractivity contribution is 0.139. The third-order valence-electron chi connectivity index (χ3n) is 3.82. The average Bonchev–Trinajstić information content (AvgIpc) is 2.43. The van der Waals surface area contributed by atoms with Crippen LogP contribution in [0.1, 0.15) is 24.8 Å². The van der Waals surface area contributed by atoms with Crippen molar-refractivity contribution in [3.05, 3.63) is 23.8 Å². The second-order valence-corrected chi connectivity index (χ2v) is 5.18. The summed E-state index contributed by atoms with van der Waals surface area (Å²) in [6, 6.07) is 6.23. The van der Waals surface area contributed by atoms with Gasteiger partial charge in [-0.3, -0.25) is 4.90 Å².